The molecule has 27 heavy (non-hydrogen) atoms. The van der Waals surface area contributed by atoms with E-state index in [1.54, 1.807) is 23.1 Å². The van der Waals surface area contributed by atoms with Crippen molar-refractivity contribution in [2.45, 2.75) is 19.9 Å². The standard InChI is InChI=1S/C20H24N4O2.ClH/c1-2-21-14-15-6-3-8-17(12-15)23-19(25)16-7-4-9-18(13-16)24-11-5-10-22-20(24)26;/h3-4,6-9,12-13,21H,2,5,10-11,14H2,1H3,(H,22,26)(H,23,25);1H. The lowest BCUT2D eigenvalue weighted by Crippen LogP contribution is -2.46. The third-order valence-corrected chi connectivity index (χ3v) is 4.26. The van der Waals surface area contributed by atoms with Gasteiger partial charge in [-0.25, -0.2) is 4.79 Å². The van der Waals surface area contributed by atoms with E-state index in [1.165, 1.54) is 0 Å². The molecule has 0 saturated carbocycles. The van der Waals surface area contributed by atoms with Crippen LogP contribution >= 0.6 is 12.4 Å². The van der Waals surface area contributed by atoms with Crippen LogP contribution < -0.4 is 20.9 Å². The summed E-state index contributed by atoms with van der Waals surface area (Å²) >= 11 is 0. The van der Waals surface area contributed by atoms with Crippen molar-refractivity contribution >= 4 is 35.7 Å². The van der Waals surface area contributed by atoms with Gasteiger partial charge in [-0.3, -0.25) is 9.69 Å². The molecule has 1 fully saturated rings. The van der Waals surface area contributed by atoms with Crippen LogP contribution in [0.5, 0.6) is 0 Å². The summed E-state index contributed by atoms with van der Waals surface area (Å²) in [5.74, 6) is -0.190. The van der Waals surface area contributed by atoms with Crippen molar-refractivity contribution in [2.75, 3.05) is 29.9 Å². The number of urea groups is 1. The highest BCUT2D eigenvalue weighted by Crippen LogP contribution is 2.20. The fourth-order valence-corrected chi connectivity index (χ4v) is 2.92. The number of rotatable bonds is 6. The van der Waals surface area contributed by atoms with E-state index >= 15 is 0 Å². The Morgan fingerprint density at radius 1 is 1.19 bits per heavy atom. The molecule has 6 nitrogen and oxygen atoms in total. The minimum Gasteiger partial charge on any atom is -0.338 e. The molecule has 1 aliphatic heterocycles. The number of halogens is 1. The molecule has 1 aliphatic rings. The summed E-state index contributed by atoms with van der Waals surface area (Å²) in [6.07, 6.45) is 0.890. The maximum atomic E-state index is 12.6. The van der Waals surface area contributed by atoms with Crippen molar-refractivity contribution < 1.29 is 9.59 Å². The fraction of sp³-hybridized carbons (Fsp3) is 0.300. The Bertz CT molecular complexity index is 797. The number of nitrogens with one attached hydrogen (secondary N) is 3. The number of anilines is 2. The first kappa shape index (κ1) is 20.7. The smallest absolute Gasteiger partial charge is 0.321 e. The second-order valence-corrected chi connectivity index (χ2v) is 6.22. The van der Waals surface area contributed by atoms with E-state index in [2.05, 4.69) is 22.9 Å². The SMILES string of the molecule is CCNCc1cccc(NC(=O)c2cccc(N3CCCNC3=O)c2)c1.Cl. The van der Waals surface area contributed by atoms with Gasteiger partial charge >= 0.3 is 6.03 Å². The summed E-state index contributed by atoms with van der Waals surface area (Å²) in [4.78, 5) is 26.3. The quantitative estimate of drug-likeness (QED) is 0.710. The van der Waals surface area contributed by atoms with E-state index < -0.39 is 0 Å². The van der Waals surface area contributed by atoms with Crippen LogP contribution in [0.4, 0.5) is 16.2 Å². The number of benzene rings is 2. The van der Waals surface area contributed by atoms with Gasteiger partial charge in [0.1, 0.15) is 0 Å². The van der Waals surface area contributed by atoms with Gasteiger partial charge in [0.25, 0.3) is 5.91 Å². The summed E-state index contributed by atoms with van der Waals surface area (Å²) in [6, 6.07) is 14.8. The van der Waals surface area contributed by atoms with Crippen molar-refractivity contribution in [3.63, 3.8) is 0 Å². The monoisotopic (exact) mass is 388 g/mol. The molecule has 3 amide bonds. The number of nitrogens with zero attached hydrogens (tertiary/aromatic N) is 1. The Kier molecular flexibility index (Phi) is 7.64. The number of hydrogen-bond acceptors (Lipinski definition) is 3. The number of hydrogen-bond donors (Lipinski definition) is 3. The predicted molar refractivity (Wildman–Crippen MR) is 111 cm³/mol. The van der Waals surface area contributed by atoms with Gasteiger partial charge in [-0.05, 0) is 48.9 Å². The zero-order valence-corrected chi connectivity index (χ0v) is 16.1. The summed E-state index contributed by atoms with van der Waals surface area (Å²) < 4.78 is 0. The molecule has 0 atom stereocenters. The van der Waals surface area contributed by atoms with E-state index in [9.17, 15) is 9.59 Å². The molecule has 1 saturated heterocycles. The van der Waals surface area contributed by atoms with Crippen LogP contribution in [0.3, 0.4) is 0 Å². The maximum Gasteiger partial charge on any atom is 0.321 e. The van der Waals surface area contributed by atoms with Crippen molar-refractivity contribution in [2.24, 2.45) is 0 Å². The molecule has 2 aromatic carbocycles. The van der Waals surface area contributed by atoms with Crippen molar-refractivity contribution in [3.8, 4) is 0 Å². The average Bonchev–Trinajstić information content (AvgIpc) is 2.67. The molecular formula is C20H25ClN4O2. The van der Waals surface area contributed by atoms with Gasteiger partial charge < -0.3 is 16.0 Å². The van der Waals surface area contributed by atoms with E-state index in [1.807, 2.05) is 30.3 Å². The van der Waals surface area contributed by atoms with Gasteiger partial charge in [-0.15, -0.1) is 12.4 Å². The van der Waals surface area contributed by atoms with Crippen molar-refractivity contribution in [1.29, 1.82) is 0 Å². The molecule has 0 bridgehead atoms. The first-order valence-corrected chi connectivity index (χ1v) is 8.94. The first-order chi connectivity index (χ1) is 12.7. The van der Waals surface area contributed by atoms with Crippen LogP contribution in [0.2, 0.25) is 0 Å². The van der Waals surface area contributed by atoms with Gasteiger partial charge in [-0.2, -0.15) is 0 Å². The molecule has 144 valence electrons. The van der Waals surface area contributed by atoms with Crippen LogP contribution in [0.25, 0.3) is 0 Å². The third kappa shape index (κ3) is 5.45. The van der Waals surface area contributed by atoms with Gasteiger partial charge in [0, 0.05) is 36.6 Å². The summed E-state index contributed by atoms with van der Waals surface area (Å²) in [6.45, 7) is 5.07. The Labute approximate surface area is 165 Å². The highest BCUT2D eigenvalue weighted by molar-refractivity contribution is 6.05. The minimum absolute atomic E-state index is 0. The lowest BCUT2D eigenvalue weighted by atomic mass is 10.1. The van der Waals surface area contributed by atoms with Gasteiger partial charge in [0.15, 0.2) is 0 Å². The lowest BCUT2D eigenvalue weighted by Gasteiger charge is -2.27. The molecule has 0 unspecified atom stereocenters. The molecule has 2 aromatic rings. The molecule has 0 aliphatic carbocycles. The Morgan fingerprint density at radius 2 is 2.00 bits per heavy atom. The molecule has 3 rings (SSSR count). The average molecular weight is 389 g/mol. The summed E-state index contributed by atoms with van der Waals surface area (Å²) in [5.41, 5.74) is 3.13. The molecule has 0 aromatic heterocycles. The topological polar surface area (TPSA) is 73.5 Å². The third-order valence-electron chi connectivity index (χ3n) is 4.26. The van der Waals surface area contributed by atoms with Gasteiger partial charge in [0.2, 0.25) is 0 Å². The maximum absolute atomic E-state index is 12.6. The Morgan fingerprint density at radius 3 is 2.78 bits per heavy atom. The molecule has 1 heterocycles. The highest BCUT2D eigenvalue weighted by atomic mass is 35.5. The molecule has 7 heteroatoms. The van der Waals surface area contributed by atoms with Gasteiger partial charge in [0.05, 0.1) is 0 Å². The van der Waals surface area contributed by atoms with E-state index in [0.29, 0.717) is 18.7 Å². The highest BCUT2D eigenvalue weighted by Gasteiger charge is 2.20. The number of amides is 3. The van der Waals surface area contributed by atoms with Crippen LogP contribution in [0.15, 0.2) is 48.5 Å². The Hall–Kier alpha value is -2.57. The van der Waals surface area contributed by atoms with Crippen LogP contribution in [0.1, 0.15) is 29.3 Å². The second-order valence-electron chi connectivity index (χ2n) is 6.22. The number of carbonyl (C=O) groups excluding carboxylic acids is 2. The fourth-order valence-electron chi connectivity index (χ4n) is 2.92. The zero-order valence-electron chi connectivity index (χ0n) is 15.3. The van der Waals surface area contributed by atoms with E-state index in [-0.39, 0.29) is 24.3 Å². The molecule has 0 radical (unpaired) electrons. The van der Waals surface area contributed by atoms with E-state index in [0.717, 1.165) is 36.4 Å². The largest absolute Gasteiger partial charge is 0.338 e. The van der Waals surface area contributed by atoms with Gasteiger partial charge in [-0.1, -0.05) is 25.1 Å². The summed E-state index contributed by atoms with van der Waals surface area (Å²) in [5, 5.41) is 9.02. The summed E-state index contributed by atoms with van der Waals surface area (Å²) in [7, 11) is 0. The Balaban J connectivity index is 0.00000261. The van der Waals surface area contributed by atoms with Crippen LogP contribution in [0, 0.1) is 0 Å². The molecular weight excluding hydrogens is 364 g/mol. The van der Waals surface area contributed by atoms with Crippen LogP contribution in [-0.4, -0.2) is 31.6 Å². The zero-order chi connectivity index (χ0) is 18.4. The molecule has 3 N–H and O–H groups in total. The van der Waals surface area contributed by atoms with Crippen molar-refractivity contribution in [1.82, 2.24) is 10.6 Å². The van der Waals surface area contributed by atoms with Crippen molar-refractivity contribution in [3.05, 3.63) is 59.7 Å². The van der Waals surface area contributed by atoms with Crippen LogP contribution in [-0.2, 0) is 6.54 Å². The molecule has 0 spiro atoms. The predicted octanol–water partition coefficient (Wildman–Crippen LogP) is 3.39. The minimum atomic E-state index is -0.190. The lowest BCUT2D eigenvalue weighted by molar-refractivity contribution is 0.102. The number of carbonyl (C=O) groups is 2. The van der Waals surface area contributed by atoms with E-state index in [4.69, 9.17) is 0 Å². The first-order valence-electron chi connectivity index (χ1n) is 8.94. The second kappa shape index (κ2) is 9.94. The normalized spacial score (nSPS) is 13.5.